The zero-order valence-corrected chi connectivity index (χ0v) is 12.7. The van der Waals surface area contributed by atoms with E-state index in [0.29, 0.717) is 12.8 Å². The molecule has 1 amide bonds. The SMILES string of the molecule is O=C(NC1(c2ccccc2)CC(O)C1)c1ccc(OC(F)F)nc1. The van der Waals surface area contributed by atoms with Gasteiger partial charge in [0, 0.05) is 25.1 Å². The van der Waals surface area contributed by atoms with Crippen molar-refractivity contribution in [1.82, 2.24) is 10.3 Å². The number of aliphatic hydroxyl groups excluding tert-OH is 1. The first-order valence-corrected chi connectivity index (χ1v) is 7.45. The highest BCUT2D eigenvalue weighted by Gasteiger charge is 2.46. The Labute approximate surface area is 137 Å². The van der Waals surface area contributed by atoms with Crippen molar-refractivity contribution in [2.75, 3.05) is 0 Å². The molecule has 2 aromatic rings. The number of carbonyl (C=O) groups is 1. The fraction of sp³-hybridized carbons (Fsp3) is 0.294. The molecule has 1 heterocycles. The van der Waals surface area contributed by atoms with Crippen LogP contribution in [-0.2, 0) is 5.54 Å². The molecular weight excluding hydrogens is 318 g/mol. The summed E-state index contributed by atoms with van der Waals surface area (Å²) >= 11 is 0. The van der Waals surface area contributed by atoms with Gasteiger partial charge in [0.05, 0.1) is 17.2 Å². The van der Waals surface area contributed by atoms with E-state index in [9.17, 15) is 18.7 Å². The summed E-state index contributed by atoms with van der Waals surface area (Å²) in [6.45, 7) is -2.96. The molecule has 1 aliphatic carbocycles. The molecule has 1 saturated carbocycles. The predicted molar refractivity (Wildman–Crippen MR) is 81.7 cm³/mol. The summed E-state index contributed by atoms with van der Waals surface area (Å²) in [5.41, 5.74) is 0.512. The van der Waals surface area contributed by atoms with Crippen molar-refractivity contribution in [1.29, 1.82) is 0 Å². The van der Waals surface area contributed by atoms with E-state index in [-0.39, 0.29) is 17.4 Å². The van der Waals surface area contributed by atoms with Crippen LogP contribution in [0.15, 0.2) is 48.7 Å². The van der Waals surface area contributed by atoms with Gasteiger partial charge in [0.15, 0.2) is 0 Å². The maximum atomic E-state index is 12.4. The van der Waals surface area contributed by atoms with Crippen molar-refractivity contribution in [2.45, 2.75) is 31.1 Å². The minimum atomic E-state index is -2.96. The van der Waals surface area contributed by atoms with Gasteiger partial charge in [0.1, 0.15) is 0 Å². The number of carbonyl (C=O) groups excluding carboxylic acids is 1. The zero-order valence-electron chi connectivity index (χ0n) is 12.7. The molecule has 3 rings (SSSR count). The lowest BCUT2D eigenvalue weighted by Crippen LogP contribution is -2.56. The Hall–Kier alpha value is -2.54. The monoisotopic (exact) mass is 334 g/mol. The van der Waals surface area contributed by atoms with Gasteiger partial charge >= 0.3 is 6.61 Å². The summed E-state index contributed by atoms with van der Waals surface area (Å²) in [6.07, 6.45) is 1.55. The fourth-order valence-corrected chi connectivity index (χ4v) is 2.88. The molecular formula is C17H16F2N2O3. The number of aliphatic hydroxyl groups is 1. The average Bonchev–Trinajstić information content (AvgIpc) is 2.54. The first-order valence-electron chi connectivity index (χ1n) is 7.45. The third-order valence-electron chi connectivity index (χ3n) is 4.06. The number of rotatable bonds is 5. The normalized spacial score (nSPS) is 22.8. The summed E-state index contributed by atoms with van der Waals surface area (Å²) in [7, 11) is 0. The van der Waals surface area contributed by atoms with E-state index in [1.807, 2.05) is 30.3 Å². The van der Waals surface area contributed by atoms with Crippen LogP contribution in [0.5, 0.6) is 5.88 Å². The van der Waals surface area contributed by atoms with Gasteiger partial charge in [0.25, 0.3) is 5.91 Å². The van der Waals surface area contributed by atoms with Gasteiger partial charge in [-0.05, 0) is 11.6 Å². The van der Waals surface area contributed by atoms with E-state index in [1.165, 1.54) is 18.3 Å². The Balaban J connectivity index is 1.75. The lowest BCUT2D eigenvalue weighted by molar-refractivity contribution is -0.0528. The second-order valence-electron chi connectivity index (χ2n) is 5.73. The smallest absolute Gasteiger partial charge is 0.388 e. The van der Waals surface area contributed by atoms with E-state index in [1.54, 1.807) is 0 Å². The number of hydrogen-bond acceptors (Lipinski definition) is 4. The van der Waals surface area contributed by atoms with Crippen LogP contribution in [0.4, 0.5) is 8.78 Å². The Bertz CT molecular complexity index is 702. The summed E-state index contributed by atoms with van der Waals surface area (Å²) in [4.78, 5) is 16.1. The van der Waals surface area contributed by atoms with Crippen LogP contribution in [0.1, 0.15) is 28.8 Å². The van der Waals surface area contributed by atoms with Crippen molar-refractivity contribution < 1.29 is 23.4 Å². The first kappa shape index (κ1) is 16.3. The number of nitrogens with one attached hydrogen (secondary N) is 1. The molecule has 2 N–H and O–H groups in total. The first-order chi connectivity index (χ1) is 11.5. The molecule has 0 spiro atoms. The number of ether oxygens (including phenoxy) is 1. The molecule has 0 atom stereocenters. The van der Waals surface area contributed by atoms with E-state index in [4.69, 9.17) is 0 Å². The number of aromatic nitrogens is 1. The van der Waals surface area contributed by atoms with Gasteiger partial charge in [-0.3, -0.25) is 4.79 Å². The molecule has 7 heteroatoms. The third-order valence-corrected chi connectivity index (χ3v) is 4.06. The second-order valence-corrected chi connectivity index (χ2v) is 5.73. The Morgan fingerprint density at radius 1 is 1.25 bits per heavy atom. The Kier molecular flexibility index (Phi) is 4.44. The van der Waals surface area contributed by atoms with Gasteiger partial charge in [-0.2, -0.15) is 8.78 Å². The van der Waals surface area contributed by atoms with Crippen LogP contribution >= 0.6 is 0 Å². The molecule has 1 aromatic carbocycles. The minimum absolute atomic E-state index is 0.230. The van der Waals surface area contributed by atoms with Crippen LogP contribution < -0.4 is 10.1 Å². The number of halogens is 2. The molecule has 1 aliphatic rings. The van der Waals surface area contributed by atoms with Gasteiger partial charge < -0.3 is 15.2 Å². The van der Waals surface area contributed by atoms with Gasteiger partial charge in [0.2, 0.25) is 5.88 Å². The fourth-order valence-electron chi connectivity index (χ4n) is 2.88. The summed E-state index contributed by atoms with van der Waals surface area (Å²) in [5, 5.41) is 12.6. The van der Waals surface area contributed by atoms with Crippen molar-refractivity contribution in [2.24, 2.45) is 0 Å². The largest absolute Gasteiger partial charge is 0.417 e. The van der Waals surface area contributed by atoms with E-state index >= 15 is 0 Å². The molecule has 1 aromatic heterocycles. The highest BCUT2D eigenvalue weighted by molar-refractivity contribution is 5.94. The lowest BCUT2D eigenvalue weighted by atomic mass is 9.69. The average molecular weight is 334 g/mol. The van der Waals surface area contributed by atoms with Crippen LogP contribution in [0, 0.1) is 0 Å². The van der Waals surface area contributed by atoms with E-state index < -0.39 is 18.3 Å². The second kappa shape index (κ2) is 6.52. The number of alkyl halides is 2. The minimum Gasteiger partial charge on any atom is -0.417 e. The van der Waals surface area contributed by atoms with Crippen LogP contribution in [-0.4, -0.2) is 28.7 Å². The molecule has 24 heavy (non-hydrogen) atoms. The molecule has 0 aliphatic heterocycles. The Morgan fingerprint density at radius 3 is 2.50 bits per heavy atom. The Morgan fingerprint density at radius 2 is 1.96 bits per heavy atom. The highest BCUT2D eigenvalue weighted by Crippen LogP contribution is 2.41. The summed E-state index contributed by atoms with van der Waals surface area (Å²) in [5.74, 6) is -0.639. The molecule has 126 valence electrons. The quantitative estimate of drug-likeness (QED) is 0.881. The van der Waals surface area contributed by atoms with E-state index in [2.05, 4.69) is 15.0 Å². The van der Waals surface area contributed by atoms with Crippen LogP contribution in [0.25, 0.3) is 0 Å². The van der Waals surface area contributed by atoms with Gasteiger partial charge in [-0.15, -0.1) is 0 Å². The maximum Gasteiger partial charge on any atom is 0.388 e. The number of amides is 1. The van der Waals surface area contributed by atoms with Crippen molar-refractivity contribution in [3.8, 4) is 5.88 Å². The van der Waals surface area contributed by atoms with Crippen molar-refractivity contribution >= 4 is 5.91 Å². The van der Waals surface area contributed by atoms with E-state index in [0.717, 1.165) is 5.56 Å². The van der Waals surface area contributed by atoms with Crippen molar-refractivity contribution in [3.63, 3.8) is 0 Å². The molecule has 0 bridgehead atoms. The molecule has 1 fully saturated rings. The number of benzene rings is 1. The summed E-state index contributed by atoms with van der Waals surface area (Å²) in [6, 6.07) is 12.0. The predicted octanol–water partition coefficient (Wildman–Crippen LogP) is 2.46. The standard InChI is InChI=1S/C17H16F2N2O3/c18-16(19)24-14-7-6-11(10-20-14)15(23)21-17(8-13(22)9-17)12-4-2-1-3-5-12/h1-7,10,13,16,22H,8-9H2,(H,21,23). The van der Waals surface area contributed by atoms with Gasteiger partial charge in [-0.25, -0.2) is 4.98 Å². The maximum absolute atomic E-state index is 12.4. The highest BCUT2D eigenvalue weighted by atomic mass is 19.3. The van der Waals surface area contributed by atoms with Crippen LogP contribution in [0.2, 0.25) is 0 Å². The number of hydrogen-bond donors (Lipinski definition) is 2. The molecule has 0 unspecified atom stereocenters. The summed E-state index contributed by atoms with van der Waals surface area (Å²) < 4.78 is 28.4. The number of nitrogens with zero attached hydrogens (tertiary/aromatic N) is 1. The molecule has 0 radical (unpaired) electrons. The topological polar surface area (TPSA) is 71.5 Å². The third kappa shape index (κ3) is 3.35. The molecule has 0 saturated heterocycles. The number of pyridine rings is 1. The van der Waals surface area contributed by atoms with Crippen LogP contribution in [0.3, 0.4) is 0 Å². The zero-order chi connectivity index (χ0) is 17.2. The van der Waals surface area contributed by atoms with Gasteiger partial charge in [-0.1, -0.05) is 30.3 Å². The molecule has 5 nitrogen and oxygen atoms in total. The lowest BCUT2D eigenvalue weighted by Gasteiger charge is -2.46. The van der Waals surface area contributed by atoms with Crippen molar-refractivity contribution in [3.05, 3.63) is 59.8 Å².